The van der Waals surface area contributed by atoms with Crippen LogP contribution in [0.1, 0.15) is 18.9 Å². The number of nitrogens with zero attached hydrogens (tertiary/aromatic N) is 2. The maximum absolute atomic E-state index is 12.4. The lowest BCUT2D eigenvalue weighted by Gasteiger charge is -2.23. The van der Waals surface area contributed by atoms with Gasteiger partial charge in [0, 0.05) is 24.6 Å². The summed E-state index contributed by atoms with van der Waals surface area (Å²) in [6.45, 7) is 3.15. The second kappa shape index (κ2) is 8.02. The van der Waals surface area contributed by atoms with Gasteiger partial charge in [0.05, 0.1) is 13.7 Å². The number of rotatable bonds is 6. The molecular formula is C17H21N3O2. The summed E-state index contributed by atoms with van der Waals surface area (Å²) in [5.41, 5.74) is 1.79. The number of hydrogen-bond donors (Lipinski definition) is 1. The molecule has 1 aromatic carbocycles. The molecule has 2 aromatic rings. The van der Waals surface area contributed by atoms with Crippen molar-refractivity contribution in [3.05, 3.63) is 54.4 Å². The standard InChI is InChI=1S/C17H21N3O2/c1-3-10-19-17(21)20(13-14-5-4-11-18-12-14)15-6-8-16(22-2)9-7-15/h4-9,11-12H,3,10,13H2,1-2H3,(H,19,21). The first-order valence-corrected chi connectivity index (χ1v) is 7.33. The summed E-state index contributed by atoms with van der Waals surface area (Å²) >= 11 is 0. The van der Waals surface area contributed by atoms with Crippen LogP contribution >= 0.6 is 0 Å². The maximum Gasteiger partial charge on any atom is 0.322 e. The Morgan fingerprint density at radius 1 is 1.27 bits per heavy atom. The van der Waals surface area contributed by atoms with Crippen LogP contribution in [-0.4, -0.2) is 24.7 Å². The van der Waals surface area contributed by atoms with Crippen molar-refractivity contribution in [2.45, 2.75) is 19.9 Å². The molecule has 0 aliphatic carbocycles. The highest BCUT2D eigenvalue weighted by Crippen LogP contribution is 2.21. The Morgan fingerprint density at radius 3 is 2.64 bits per heavy atom. The van der Waals surface area contributed by atoms with Gasteiger partial charge >= 0.3 is 6.03 Å². The van der Waals surface area contributed by atoms with E-state index in [2.05, 4.69) is 10.3 Å². The highest BCUT2D eigenvalue weighted by Gasteiger charge is 2.15. The summed E-state index contributed by atoms with van der Waals surface area (Å²) in [6, 6.07) is 11.1. The molecule has 0 spiro atoms. The Morgan fingerprint density at radius 2 is 2.05 bits per heavy atom. The van der Waals surface area contributed by atoms with E-state index in [-0.39, 0.29) is 6.03 Å². The van der Waals surface area contributed by atoms with E-state index >= 15 is 0 Å². The van der Waals surface area contributed by atoms with Crippen molar-refractivity contribution in [1.82, 2.24) is 10.3 Å². The number of urea groups is 1. The molecule has 0 unspecified atom stereocenters. The molecule has 0 radical (unpaired) electrons. The molecule has 22 heavy (non-hydrogen) atoms. The molecule has 5 nitrogen and oxygen atoms in total. The molecule has 0 aliphatic rings. The average molecular weight is 299 g/mol. The minimum absolute atomic E-state index is 0.115. The molecule has 1 heterocycles. The van der Waals surface area contributed by atoms with Crippen molar-refractivity contribution in [1.29, 1.82) is 0 Å². The molecule has 0 bridgehead atoms. The number of benzene rings is 1. The molecule has 116 valence electrons. The van der Waals surface area contributed by atoms with Crippen molar-refractivity contribution < 1.29 is 9.53 Å². The van der Waals surface area contributed by atoms with Crippen LogP contribution in [0, 0.1) is 0 Å². The normalized spacial score (nSPS) is 10.1. The third kappa shape index (κ3) is 4.22. The summed E-state index contributed by atoms with van der Waals surface area (Å²) in [5.74, 6) is 0.763. The highest BCUT2D eigenvalue weighted by atomic mass is 16.5. The quantitative estimate of drug-likeness (QED) is 0.891. The minimum atomic E-state index is -0.115. The summed E-state index contributed by atoms with van der Waals surface area (Å²) in [4.78, 5) is 18.2. The molecule has 0 saturated heterocycles. The van der Waals surface area contributed by atoms with Crippen LogP contribution in [0.3, 0.4) is 0 Å². The van der Waals surface area contributed by atoms with Gasteiger partial charge in [-0.3, -0.25) is 9.88 Å². The Hall–Kier alpha value is -2.56. The van der Waals surface area contributed by atoms with Gasteiger partial charge in [-0.2, -0.15) is 0 Å². The van der Waals surface area contributed by atoms with E-state index in [1.54, 1.807) is 24.4 Å². The lowest BCUT2D eigenvalue weighted by Crippen LogP contribution is -2.40. The van der Waals surface area contributed by atoms with Crippen LogP contribution in [0.15, 0.2) is 48.8 Å². The molecule has 0 atom stereocenters. The van der Waals surface area contributed by atoms with Crippen molar-refractivity contribution >= 4 is 11.7 Å². The summed E-state index contributed by atoms with van der Waals surface area (Å²) in [7, 11) is 1.62. The molecule has 5 heteroatoms. The number of pyridine rings is 1. The van der Waals surface area contributed by atoms with Crippen LogP contribution in [0.25, 0.3) is 0 Å². The summed E-state index contributed by atoms with van der Waals surface area (Å²) in [5, 5.41) is 2.92. The predicted octanol–water partition coefficient (Wildman–Crippen LogP) is 3.22. The number of ether oxygens (including phenoxy) is 1. The number of anilines is 1. The second-order valence-corrected chi connectivity index (χ2v) is 4.88. The van der Waals surface area contributed by atoms with E-state index in [9.17, 15) is 4.79 Å². The zero-order chi connectivity index (χ0) is 15.8. The van der Waals surface area contributed by atoms with Crippen molar-refractivity contribution in [2.24, 2.45) is 0 Å². The lowest BCUT2D eigenvalue weighted by molar-refractivity contribution is 0.246. The molecular weight excluding hydrogens is 278 g/mol. The molecule has 0 aliphatic heterocycles. The van der Waals surface area contributed by atoms with Gasteiger partial charge in [-0.15, -0.1) is 0 Å². The summed E-state index contributed by atoms with van der Waals surface area (Å²) in [6.07, 6.45) is 4.39. The Kier molecular flexibility index (Phi) is 5.77. The van der Waals surface area contributed by atoms with Crippen LogP contribution < -0.4 is 15.0 Å². The SMILES string of the molecule is CCCNC(=O)N(Cc1cccnc1)c1ccc(OC)cc1. The fraction of sp³-hybridized carbons (Fsp3) is 0.294. The molecule has 2 amide bonds. The van der Waals surface area contributed by atoms with E-state index in [4.69, 9.17) is 4.74 Å². The van der Waals surface area contributed by atoms with Crippen molar-refractivity contribution in [3.8, 4) is 5.75 Å². The predicted molar refractivity (Wildman–Crippen MR) is 87.1 cm³/mol. The fourth-order valence-corrected chi connectivity index (χ4v) is 2.04. The van der Waals surface area contributed by atoms with Crippen molar-refractivity contribution in [3.63, 3.8) is 0 Å². The molecule has 2 rings (SSSR count). The average Bonchev–Trinajstić information content (AvgIpc) is 2.58. The molecule has 1 aromatic heterocycles. The minimum Gasteiger partial charge on any atom is -0.497 e. The first-order chi connectivity index (χ1) is 10.7. The number of carbonyl (C=O) groups excluding carboxylic acids is 1. The number of aromatic nitrogens is 1. The number of carbonyl (C=O) groups is 1. The second-order valence-electron chi connectivity index (χ2n) is 4.88. The van der Waals surface area contributed by atoms with Gasteiger partial charge in [-0.1, -0.05) is 13.0 Å². The first-order valence-electron chi connectivity index (χ1n) is 7.33. The summed E-state index contributed by atoms with van der Waals surface area (Å²) < 4.78 is 5.16. The number of hydrogen-bond acceptors (Lipinski definition) is 3. The Bertz CT molecular complexity index is 585. The molecule has 0 fully saturated rings. The number of nitrogens with one attached hydrogen (secondary N) is 1. The Balaban J connectivity index is 2.21. The lowest BCUT2D eigenvalue weighted by atomic mass is 10.2. The van der Waals surface area contributed by atoms with Gasteiger partial charge in [0.15, 0.2) is 0 Å². The van der Waals surface area contributed by atoms with E-state index in [1.807, 2.05) is 43.3 Å². The van der Waals surface area contributed by atoms with Crippen LogP contribution in [0.5, 0.6) is 5.75 Å². The third-order valence-corrected chi connectivity index (χ3v) is 3.22. The van der Waals surface area contributed by atoms with Crippen molar-refractivity contribution in [2.75, 3.05) is 18.6 Å². The molecule has 1 N–H and O–H groups in total. The molecule has 0 saturated carbocycles. The van der Waals surface area contributed by atoms with Crippen LogP contribution in [-0.2, 0) is 6.54 Å². The van der Waals surface area contributed by atoms with Crippen LogP contribution in [0.2, 0.25) is 0 Å². The van der Waals surface area contributed by atoms with Gasteiger partial charge in [0.2, 0.25) is 0 Å². The van der Waals surface area contributed by atoms with Gasteiger partial charge in [0.1, 0.15) is 5.75 Å². The van der Waals surface area contributed by atoms with Gasteiger partial charge < -0.3 is 10.1 Å². The Labute approximate surface area is 130 Å². The maximum atomic E-state index is 12.4. The number of methoxy groups -OCH3 is 1. The smallest absolute Gasteiger partial charge is 0.322 e. The van der Waals surface area contributed by atoms with E-state index in [0.29, 0.717) is 13.1 Å². The van der Waals surface area contributed by atoms with Gasteiger partial charge in [0.25, 0.3) is 0 Å². The third-order valence-electron chi connectivity index (χ3n) is 3.22. The topological polar surface area (TPSA) is 54.5 Å². The fourth-order valence-electron chi connectivity index (χ4n) is 2.04. The zero-order valence-electron chi connectivity index (χ0n) is 13.0. The van der Waals surface area contributed by atoms with E-state index in [1.165, 1.54) is 0 Å². The zero-order valence-corrected chi connectivity index (χ0v) is 13.0. The van der Waals surface area contributed by atoms with E-state index in [0.717, 1.165) is 23.4 Å². The highest BCUT2D eigenvalue weighted by molar-refractivity contribution is 5.91. The number of amides is 2. The van der Waals surface area contributed by atoms with Gasteiger partial charge in [-0.05, 0) is 42.3 Å². The van der Waals surface area contributed by atoms with Crippen LogP contribution in [0.4, 0.5) is 10.5 Å². The largest absolute Gasteiger partial charge is 0.497 e. The first kappa shape index (κ1) is 15.8. The van der Waals surface area contributed by atoms with Gasteiger partial charge in [-0.25, -0.2) is 4.79 Å². The monoisotopic (exact) mass is 299 g/mol. The van der Waals surface area contributed by atoms with E-state index < -0.39 is 0 Å².